The Kier molecular flexibility index (Phi) is 6.91. The van der Waals surface area contributed by atoms with Crippen LogP contribution in [-0.4, -0.2) is 44.9 Å². The average molecular weight is 570 g/mol. The minimum atomic E-state index is -1.64. The van der Waals surface area contributed by atoms with Crippen LogP contribution in [0.25, 0.3) is 5.57 Å². The van der Waals surface area contributed by atoms with Crippen molar-refractivity contribution in [1.82, 2.24) is 19.7 Å². The van der Waals surface area contributed by atoms with Gasteiger partial charge in [-0.2, -0.15) is 10.4 Å². The van der Waals surface area contributed by atoms with Gasteiger partial charge >= 0.3 is 0 Å². The van der Waals surface area contributed by atoms with Crippen LogP contribution in [0.4, 0.5) is 4.39 Å². The number of benzene rings is 2. The minimum absolute atomic E-state index is 0.00620. The first-order valence-electron chi connectivity index (χ1n) is 13.0. The molecule has 4 aromatic rings. The molecule has 1 saturated heterocycles. The van der Waals surface area contributed by atoms with Crippen molar-refractivity contribution in [3.8, 4) is 6.07 Å². The van der Waals surface area contributed by atoms with Gasteiger partial charge in [0.05, 0.1) is 47.8 Å². The molecule has 8 nitrogen and oxygen atoms in total. The Morgan fingerprint density at radius 1 is 1.24 bits per heavy atom. The first-order chi connectivity index (χ1) is 19.8. The van der Waals surface area contributed by atoms with Crippen LogP contribution in [0.15, 0.2) is 73.7 Å². The lowest BCUT2D eigenvalue weighted by molar-refractivity contribution is -0.148. The highest BCUT2D eigenvalue weighted by Gasteiger charge is 2.55. The average Bonchev–Trinajstić information content (AvgIpc) is 3.70. The number of nitriles is 1. The molecule has 0 spiro atoms. The molecular weight excluding hydrogens is 545 g/mol. The fourth-order valence-electron chi connectivity index (χ4n) is 5.40. The Balaban J connectivity index is 1.55. The molecule has 2 aliphatic heterocycles. The maximum absolute atomic E-state index is 16.5. The van der Waals surface area contributed by atoms with E-state index in [4.69, 9.17) is 21.1 Å². The van der Waals surface area contributed by atoms with Gasteiger partial charge in [-0.3, -0.25) is 19.4 Å². The van der Waals surface area contributed by atoms with E-state index >= 15 is 4.39 Å². The van der Waals surface area contributed by atoms with Crippen LogP contribution in [0.3, 0.4) is 0 Å². The molecule has 0 radical (unpaired) electrons. The predicted molar refractivity (Wildman–Crippen MR) is 149 cm³/mol. The largest absolute Gasteiger partial charge is 0.379 e. The van der Waals surface area contributed by atoms with Gasteiger partial charge in [0.1, 0.15) is 11.9 Å². The highest BCUT2D eigenvalue weighted by Crippen LogP contribution is 2.49. The summed E-state index contributed by atoms with van der Waals surface area (Å²) in [4.78, 5) is 20.2. The van der Waals surface area contributed by atoms with Crippen molar-refractivity contribution in [1.29, 1.82) is 5.26 Å². The fraction of sp³-hybridized carbons (Fsp3) is 0.226. The van der Waals surface area contributed by atoms with Gasteiger partial charge in [-0.05, 0) is 54.0 Å². The first-order valence-corrected chi connectivity index (χ1v) is 13.4. The number of carbonyl (C=O) groups excluding carboxylic acids is 1. The zero-order valence-corrected chi connectivity index (χ0v) is 22.9. The quantitative estimate of drug-likeness (QED) is 0.304. The molecule has 4 heterocycles. The summed E-state index contributed by atoms with van der Waals surface area (Å²) < 4.78 is 30.5. The van der Waals surface area contributed by atoms with Gasteiger partial charge in [0.25, 0.3) is 5.91 Å². The van der Waals surface area contributed by atoms with Crippen molar-refractivity contribution in [2.24, 2.45) is 7.05 Å². The summed E-state index contributed by atoms with van der Waals surface area (Å²) in [6.07, 6.45) is 5.04. The lowest BCUT2D eigenvalue weighted by atomic mass is 9.89. The molecule has 0 aliphatic carbocycles. The fourth-order valence-corrected chi connectivity index (χ4v) is 5.53. The minimum Gasteiger partial charge on any atom is -0.379 e. The molecule has 2 aliphatic rings. The Labute approximate surface area is 241 Å². The molecule has 10 heteroatoms. The van der Waals surface area contributed by atoms with Crippen molar-refractivity contribution < 1.29 is 18.7 Å². The Bertz CT molecular complexity index is 1690. The van der Waals surface area contributed by atoms with E-state index in [1.54, 1.807) is 66.6 Å². The number of pyridine rings is 1. The highest BCUT2D eigenvalue weighted by atomic mass is 35.5. The molecule has 0 saturated carbocycles. The van der Waals surface area contributed by atoms with Crippen LogP contribution < -0.4 is 0 Å². The Morgan fingerprint density at radius 3 is 2.68 bits per heavy atom. The molecule has 1 amide bonds. The van der Waals surface area contributed by atoms with Crippen molar-refractivity contribution in [3.05, 3.63) is 124 Å². The molecule has 0 bridgehead atoms. The summed E-state index contributed by atoms with van der Waals surface area (Å²) in [5, 5.41) is 13.9. The molecule has 2 atom stereocenters. The summed E-state index contributed by atoms with van der Waals surface area (Å²) in [5.74, 6) is -1.04. The molecule has 41 heavy (non-hydrogen) atoms. The van der Waals surface area contributed by atoms with E-state index in [-0.39, 0.29) is 17.7 Å². The van der Waals surface area contributed by atoms with E-state index in [0.717, 1.165) is 0 Å². The third-order valence-electron chi connectivity index (χ3n) is 7.42. The standard InChI is InChI=1S/C31H25ClFN5O3/c1-19(22-15-36-37(2)16-22)21-11-27-29(28(33)12-21)31(41-26-9-10-40-18-26,23-4-6-24(32)7-5-23)38(30(27)39)17-25-8-3-20(13-34)14-35-25/h3-8,11-12,14-16,26H,1,9-10,17-18H2,2H3/t26-,31+/m0/s1. The van der Waals surface area contributed by atoms with E-state index in [1.807, 2.05) is 6.07 Å². The van der Waals surface area contributed by atoms with E-state index in [0.29, 0.717) is 58.2 Å². The van der Waals surface area contributed by atoms with E-state index in [1.165, 1.54) is 17.2 Å². The number of carbonyl (C=O) groups is 1. The second kappa shape index (κ2) is 10.6. The van der Waals surface area contributed by atoms with Gasteiger partial charge in [-0.25, -0.2) is 4.39 Å². The zero-order chi connectivity index (χ0) is 28.7. The molecule has 2 aromatic heterocycles. The number of halogens is 2. The topological polar surface area (TPSA) is 93.3 Å². The van der Waals surface area contributed by atoms with E-state index in [9.17, 15) is 10.1 Å². The lowest BCUT2D eigenvalue weighted by Crippen LogP contribution is -2.49. The van der Waals surface area contributed by atoms with Crippen LogP contribution in [0.5, 0.6) is 0 Å². The van der Waals surface area contributed by atoms with Crippen LogP contribution >= 0.6 is 11.6 Å². The maximum Gasteiger partial charge on any atom is 0.257 e. The molecular formula is C31H25ClFN5O3. The van der Waals surface area contributed by atoms with Gasteiger partial charge in [0, 0.05) is 42.2 Å². The van der Waals surface area contributed by atoms with Crippen LogP contribution in [0.2, 0.25) is 5.02 Å². The number of hydrogen-bond donors (Lipinski definition) is 0. The number of aromatic nitrogens is 3. The number of aryl methyl sites for hydroxylation is 1. The summed E-state index contributed by atoms with van der Waals surface area (Å²) in [5.41, 5.74) is 1.75. The van der Waals surface area contributed by atoms with Crippen molar-refractivity contribution in [2.45, 2.75) is 24.8 Å². The normalized spacial score (nSPS) is 19.8. The second-order valence-electron chi connectivity index (χ2n) is 10.1. The highest BCUT2D eigenvalue weighted by molar-refractivity contribution is 6.30. The molecule has 2 aromatic carbocycles. The van der Waals surface area contributed by atoms with Crippen LogP contribution in [-0.2, 0) is 28.8 Å². The Hall–Kier alpha value is -4.36. The number of ether oxygens (including phenoxy) is 2. The molecule has 1 fully saturated rings. The van der Waals surface area contributed by atoms with Crippen molar-refractivity contribution in [3.63, 3.8) is 0 Å². The van der Waals surface area contributed by atoms with E-state index in [2.05, 4.69) is 16.7 Å². The molecule has 0 N–H and O–H groups in total. The third-order valence-corrected chi connectivity index (χ3v) is 7.67. The number of hydrogen-bond acceptors (Lipinski definition) is 6. The molecule has 206 valence electrons. The Morgan fingerprint density at radius 2 is 2.05 bits per heavy atom. The molecule has 0 unspecified atom stereocenters. The van der Waals surface area contributed by atoms with E-state index < -0.39 is 23.6 Å². The number of nitrogens with zero attached hydrogens (tertiary/aromatic N) is 5. The second-order valence-corrected chi connectivity index (χ2v) is 10.5. The summed E-state index contributed by atoms with van der Waals surface area (Å²) >= 11 is 6.24. The molecule has 6 rings (SSSR count). The maximum atomic E-state index is 16.5. The SMILES string of the molecule is C=C(c1cc(F)c2c(c1)C(=O)N(Cc1ccc(C#N)cn1)[C@@]2(O[C@H]1CCOC1)c1ccc(Cl)cc1)c1cnn(C)c1. The van der Waals surface area contributed by atoms with Gasteiger partial charge in [-0.1, -0.05) is 30.3 Å². The number of fused-ring (bicyclic) bond motifs is 1. The van der Waals surface area contributed by atoms with Crippen molar-refractivity contribution in [2.75, 3.05) is 13.2 Å². The predicted octanol–water partition coefficient (Wildman–Crippen LogP) is 5.20. The zero-order valence-electron chi connectivity index (χ0n) is 22.2. The third kappa shape index (κ3) is 4.70. The summed E-state index contributed by atoms with van der Waals surface area (Å²) in [6.45, 7) is 4.94. The van der Waals surface area contributed by atoms with Crippen LogP contribution in [0, 0.1) is 17.1 Å². The summed E-state index contributed by atoms with van der Waals surface area (Å²) in [7, 11) is 1.78. The summed E-state index contributed by atoms with van der Waals surface area (Å²) in [6, 6.07) is 15.2. The van der Waals surface area contributed by atoms with Crippen molar-refractivity contribution >= 4 is 23.1 Å². The number of rotatable bonds is 7. The number of amides is 1. The smallest absolute Gasteiger partial charge is 0.257 e. The van der Waals surface area contributed by atoms with Gasteiger partial charge in [-0.15, -0.1) is 0 Å². The van der Waals surface area contributed by atoms with Gasteiger partial charge in [0.15, 0.2) is 0 Å². The monoisotopic (exact) mass is 569 g/mol. The lowest BCUT2D eigenvalue weighted by Gasteiger charge is -2.41. The van der Waals surface area contributed by atoms with Gasteiger partial charge < -0.3 is 9.47 Å². The first kappa shape index (κ1) is 26.8. The van der Waals surface area contributed by atoms with Crippen LogP contribution in [0.1, 0.15) is 50.3 Å². The van der Waals surface area contributed by atoms with Gasteiger partial charge in [0.2, 0.25) is 5.72 Å².